The second-order valence-corrected chi connectivity index (χ2v) is 9.01. The molecular weight excluding hydrogens is 448 g/mol. The molecule has 1 fully saturated rings. The fourth-order valence-electron chi connectivity index (χ4n) is 4.30. The minimum absolute atomic E-state index is 0.0746. The summed E-state index contributed by atoms with van der Waals surface area (Å²) in [5, 5.41) is 3.25. The molecule has 2 aromatic carbocycles. The van der Waals surface area contributed by atoms with Crippen LogP contribution in [-0.2, 0) is 14.2 Å². The molecule has 0 aliphatic carbocycles. The Labute approximate surface area is 195 Å². The lowest BCUT2D eigenvalue weighted by atomic mass is 10.0. The Balaban J connectivity index is 1.39. The molecule has 0 radical (unpaired) electrons. The fraction of sp³-hybridized carbons (Fsp3) is 0.292. The van der Waals surface area contributed by atoms with Crippen molar-refractivity contribution in [3.05, 3.63) is 81.8 Å². The average Bonchev–Trinajstić information content (AvgIpc) is 3.33. The summed E-state index contributed by atoms with van der Waals surface area (Å²) in [4.78, 5) is 39.4. The van der Waals surface area contributed by atoms with Gasteiger partial charge in [-0.2, -0.15) is 0 Å². The number of amides is 3. The Kier molecular flexibility index (Phi) is 4.95. The molecule has 170 valence electrons. The minimum Gasteiger partial charge on any atom is -0.489 e. The van der Waals surface area contributed by atoms with Crippen LogP contribution >= 0.6 is 11.6 Å². The molecule has 3 amide bonds. The lowest BCUT2D eigenvalue weighted by molar-refractivity contribution is -0.170. The summed E-state index contributed by atoms with van der Waals surface area (Å²) in [7, 11) is 0. The van der Waals surface area contributed by atoms with Gasteiger partial charge in [-0.1, -0.05) is 29.8 Å². The second kappa shape index (κ2) is 7.60. The van der Waals surface area contributed by atoms with Gasteiger partial charge in [0.15, 0.2) is 17.1 Å². The number of hydrogen-bond acceptors (Lipinski definition) is 6. The number of fused-ring (bicyclic) bond motifs is 2. The van der Waals surface area contributed by atoms with Crippen LogP contribution < -0.4 is 5.32 Å². The van der Waals surface area contributed by atoms with E-state index in [1.807, 2.05) is 6.07 Å². The molecule has 0 aromatic heterocycles. The lowest BCUT2D eigenvalue weighted by Crippen LogP contribution is -2.46. The summed E-state index contributed by atoms with van der Waals surface area (Å²) in [6.45, 7) is 3.56. The zero-order chi connectivity index (χ0) is 23.4. The molecule has 0 saturated carbocycles. The van der Waals surface area contributed by atoms with Crippen LogP contribution in [0.5, 0.6) is 0 Å². The molecule has 5 rings (SSSR count). The van der Waals surface area contributed by atoms with Crippen molar-refractivity contribution in [1.29, 1.82) is 0 Å². The van der Waals surface area contributed by atoms with E-state index in [-0.39, 0.29) is 31.2 Å². The third-order valence-corrected chi connectivity index (χ3v) is 5.98. The zero-order valence-electron chi connectivity index (χ0n) is 18.0. The highest BCUT2D eigenvalue weighted by Gasteiger charge is 2.57. The van der Waals surface area contributed by atoms with E-state index in [2.05, 4.69) is 5.32 Å². The van der Waals surface area contributed by atoms with Gasteiger partial charge < -0.3 is 19.5 Å². The molecule has 1 saturated heterocycles. The lowest BCUT2D eigenvalue weighted by Gasteiger charge is -2.25. The fourth-order valence-corrected chi connectivity index (χ4v) is 4.47. The Morgan fingerprint density at radius 1 is 1.09 bits per heavy atom. The Hall–Kier alpha value is -3.36. The van der Waals surface area contributed by atoms with Crippen LogP contribution in [0.4, 0.5) is 0 Å². The number of nitrogens with one attached hydrogen (secondary N) is 1. The van der Waals surface area contributed by atoms with Crippen molar-refractivity contribution in [2.45, 2.75) is 25.2 Å². The van der Waals surface area contributed by atoms with Crippen LogP contribution in [0.15, 0.2) is 60.0 Å². The first kappa shape index (κ1) is 21.5. The van der Waals surface area contributed by atoms with Gasteiger partial charge in [-0.15, -0.1) is 0 Å². The van der Waals surface area contributed by atoms with Crippen LogP contribution in [0.25, 0.3) is 0 Å². The topological polar surface area (TPSA) is 94.2 Å². The van der Waals surface area contributed by atoms with E-state index >= 15 is 0 Å². The van der Waals surface area contributed by atoms with E-state index < -0.39 is 23.2 Å². The highest BCUT2D eigenvalue weighted by Crippen LogP contribution is 2.45. The van der Waals surface area contributed by atoms with Crippen molar-refractivity contribution in [3.8, 4) is 0 Å². The average molecular weight is 469 g/mol. The van der Waals surface area contributed by atoms with Crippen molar-refractivity contribution in [2.75, 3.05) is 19.7 Å². The van der Waals surface area contributed by atoms with E-state index in [4.69, 9.17) is 25.8 Å². The van der Waals surface area contributed by atoms with E-state index in [1.54, 1.807) is 44.2 Å². The standard InChI is InChI=1S/C24H21ClN2O6/c1-23(2)32-19-18(11-27-21(29)16-9-8-15(25)10-17(16)22(27)30)31-13-24(19,33-23)12-26-20(28)14-6-4-3-5-7-14/h3-10H,11-13H2,1-2H3,(H,26,28)/t24-/m0/s1. The largest absolute Gasteiger partial charge is 0.489 e. The van der Waals surface area contributed by atoms with Crippen LogP contribution in [0, 0.1) is 0 Å². The third-order valence-electron chi connectivity index (χ3n) is 5.74. The molecule has 3 aliphatic heterocycles. The van der Waals surface area contributed by atoms with Crippen molar-refractivity contribution in [1.82, 2.24) is 10.2 Å². The van der Waals surface area contributed by atoms with Crippen molar-refractivity contribution in [2.24, 2.45) is 0 Å². The number of benzene rings is 2. The molecule has 8 nitrogen and oxygen atoms in total. The number of halogens is 1. The van der Waals surface area contributed by atoms with E-state index in [1.165, 1.54) is 12.1 Å². The van der Waals surface area contributed by atoms with E-state index in [0.29, 0.717) is 27.7 Å². The highest BCUT2D eigenvalue weighted by atomic mass is 35.5. The van der Waals surface area contributed by atoms with Crippen molar-refractivity contribution in [3.63, 3.8) is 0 Å². The van der Waals surface area contributed by atoms with Gasteiger partial charge in [0.1, 0.15) is 6.61 Å². The SMILES string of the molecule is CC1(C)OC2=C(CN3C(=O)c4ccc(Cl)cc4C3=O)OC[C@]2(CNC(=O)c2ccccc2)O1. The Bertz CT molecular complexity index is 1210. The molecule has 3 aliphatic rings. The van der Waals surface area contributed by atoms with Gasteiger partial charge in [-0.25, -0.2) is 0 Å². The van der Waals surface area contributed by atoms with Gasteiger partial charge in [0.05, 0.1) is 24.2 Å². The number of carbonyl (C=O) groups excluding carboxylic acids is 3. The molecule has 33 heavy (non-hydrogen) atoms. The number of hydrogen-bond donors (Lipinski definition) is 1. The number of ether oxygens (including phenoxy) is 3. The van der Waals surface area contributed by atoms with Gasteiger partial charge in [-0.3, -0.25) is 19.3 Å². The maximum absolute atomic E-state index is 12.9. The summed E-state index contributed by atoms with van der Waals surface area (Å²) >= 11 is 5.99. The van der Waals surface area contributed by atoms with E-state index in [0.717, 1.165) is 4.90 Å². The molecule has 3 heterocycles. The molecule has 1 atom stereocenters. The van der Waals surface area contributed by atoms with Crippen molar-refractivity contribution < 1.29 is 28.6 Å². The van der Waals surface area contributed by atoms with E-state index in [9.17, 15) is 14.4 Å². The van der Waals surface area contributed by atoms with Crippen LogP contribution in [0.1, 0.15) is 44.9 Å². The van der Waals surface area contributed by atoms with Gasteiger partial charge in [0.25, 0.3) is 17.7 Å². The Morgan fingerprint density at radius 3 is 2.58 bits per heavy atom. The van der Waals surface area contributed by atoms with Gasteiger partial charge in [-0.05, 0) is 30.3 Å². The zero-order valence-corrected chi connectivity index (χ0v) is 18.8. The maximum atomic E-state index is 12.9. The number of rotatable bonds is 5. The first-order valence-electron chi connectivity index (χ1n) is 10.4. The quantitative estimate of drug-likeness (QED) is 0.677. The summed E-state index contributed by atoms with van der Waals surface area (Å²) < 4.78 is 18.0. The molecule has 9 heteroatoms. The minimum atomic E-state index is -1.06. The first-order valence-corrected chi connectivity index (χ1v) is 10.8. The summed E-state index contributed by atoms with van der Waals surface area (Å²) in [5.41, 5.74) is -0.00762. The molecule has 0 spiro atoms. The van der Waals surface area contributed by atoms with Gasteiger partial charge in [0, 0.05) is 24.4 Å². The molecule has 2 aromatic rings. The third kappa shape index (κ3) is 3.65. The normalized spacial score (nSPS) is 22.7. The molecular formula is C24H21ClN2O6. The summed E-state index contributed by atoms with van der Waals surface area (Å²) in [6.07, 6.45) is 0. The van der Waals surface area contributed by atoms with Gasteiger partial charge >= 0.3 is 0 Å². The predicted octanol–water partition coefficient (Wildman–Crippen LogP) is 3.13. The van der Waals surface area contributed by atoms with Crippen molar-refractivity contribution >= 4 is 29.3 Å². The predicted molar refractivity (Wildman–Crippen MR) is 118 cm³/mol. The maximum Gasteiger partial charge on any atom is 0.262 e. The van der Waals surface area contributed by atoms with Gasteiger partial charge in [0.2, 0.25) is 5.79 Å². The molecule has 1 N–H and O–H groups in total. The van der Waals surface area contributed by atoms with Crippen LogP contribution in [0.3, 0.4) is 0 Å². The monoisotopic (exact) mass is 468 g/mol. The number of nitrogens with zero attached hydrogens (tertiary/aromatic N) is 1. The van der Waals surface area contributed by atoms with Crippen LogP contribution in [0.2, 0.25) is 5.02 Å². The summed E-state index contributed by atoms with van der Waals surface area (Å²) in [6, 6.07) is 13.4. The highest BCUT2D eigenvalue weighted by molar-refractivity contribution is 6.32. The number of carbonyl (C=O) groups is 3. The smallest absolute Gasteiger partial charge is 0.262 e. The molecule has 0 unspecified atom stereocenters. The second-order valence-electron chi connectivity index (χ2n) is 8.57. The number of imide groups is 1. The van der Waals surface area contributed by atoms with Crippen LogP contribution in [-0.4, -0.2) is 53.7 Å². The first-order chi connectivity index (χ1) is 15.7. The summed E-state index contributed by atoms with van der Waals surface area (Å²) in [5.74, 6) is -1.44. The Morgan fingerprint density at radius 2 is 1.82 bits per heavy atom. The molecule has 0 bridgehead atoms.